The molecule has 4 aliphatic rings. The van der Waals surface area contributed by atoms with Gasteiger partial charge < -0.3 is 10.5 Å². The first kappa shape index (κ1) is 13.6. The van der Waals surface area contributed by atoms with Crippen LogP contribution < -0.4 is 10.5 Å². The molecule has 1 aromatic rings. The zero-order chi connectivity index (χ0) is 14.7. The number of benzene rings is 1. The Kier molecular flexibility index (Phi) is 2.91. The third kappa shape index (κ3) is 2.11. The normalized spacial score (nSPS) is 42.0. The Balaban J connectivity index is 1.68. The second-order valence-corrected chi connectivity index (χ2v) is 8.39. The molecule has 4 aliphatic carbocycles. The maximum Gasteiger partial charge on any atom is 0.119 e. The van der Waals surface area contributed by atoms with Crippen LogP contribution in [0.1, 0.15) is 57.1 Å². The number of ether oxygens (including phenoxy) is 1. The van der Waals surface area contributed by atoms with Crippen molar-refractivity contribution in [2.24, 2.45) is 28.4 Å². The molecule has 3 unspecified atom stereocenters. The van der Waals surface area contributed by atoms with E-state index in [9.17, 15) is 0 Å². The number of methoxy groups -OCH3 is 1. The van der Waals surface area contributed by atoms with Crippen molar-refractivity contribution >= 4 is 0 Å². The van der Waals surface area contributed by atoms with Crippen LogP contribution >= 0.6 is 0 Å². The van der Waals surface area contributed by atoms with Gasteiger partial charge in [0, 0.05) is 6.04 Å². The van der Waals surface area contributed by atoms with Gasteiger partial charge in [0.15, 0.2) is 0 Å². The van der Waals surface area contributed by atoms with Crippen LogP contribution in [0.25, 0.3) is 0 Å². The molecule has 1 aromatic carbocycles. The van der Waals surface area contributed by atoms with Gasteiger partial charge in [-0.3, -0.25) is 0 Å². The number of nitrogens with two attached hydrogens (primary N) is 1. The summed E-state index contributed by atoms with van der Waals surface area (Å²) in [6.07, 6.45) is 8.36. The monoisotopic (exact) mass is 285 g/mol. The van der Waals surface area contributed by atoms with Crippen molar-refractivity contribution in [2.45, 2.75) is 51.5 Å². The van der Waals surface area contributed by atoms with Crippen molar-refractivity contribution in [3.05, 3.63) is 29.8 Å². The summed E-state index contributed by atoms with van der Waals surface area (Å²) in [7, 11) is 1.73. The summed E-state index contributed by atoms with van der Waals surface area (Å²) >= 11 is 0. The largest absolute Gasteiger partial charge is 0.497 e. The molecule has 4 saturated carbocycles. The van der Waals surface area contributed by atoms with Crippen molar-refractivity contribution in [1.82, 2.24) is 0 Å². The molecule has 0 amide bonds. The maximum absolute atomic E-state index is 6.82. The molecule has 3 atom stereocenters. The van der Waals surface area contributed by atoms with Crippen LogP contribution in [-0.2, 0) is 0 Å². The van der Waals surface area contributed by atoms with Crippen LogP contribution in [0.4, 0.5) is 0 Å². The third-order valence-electron chi connectivity index (χ3n) is 6.51. The van der Waals surface area contributed by atoms with Crippen LogP contribution in [0.3, 0.4) is 0 Å². The molecule has 0 spiro atoms. The third-order valence-corrected chi connectivity index (χ3v) is 6.51. The quantitative estimate of drug-likeness (QED) is 0.898. The van der Waals surface area contributed by atoms with Gasteiger partial charge in [-0.05, 0) is 78.9 Å². The van der Waals surface area contributed by atoms with E-state index in [0.717, 1.165) is 17.6 Å². The van der Waals surface area contributed by atoms with Crippen molar-refractivity contribution in [3.63, 3.8) is 0 Å². The van der Waals surface area contributed by atoms with Crippen LogP contribution in [-0.4, -0.2) is 7.11 Å². The fraction of sp³-hybridized carbons (Fsp3) is 0.684. The molecule has 0 aromatic heterocycles. The summed E-state index contributed by atoms with van der Waals surface area (Å²) in [6.45, 7) is 2.51. The molecule has 4 bridgehead atoms. The van der Waals surface area contributed by atoms with E-state index in [2.05, 4.69) is 25.1 Å². The molecule has 5 rings (SSSR count). The van der Waals surface area contributed by atoms with Crippen LogP contribution in [0.5, 0.6) is 5.75 Å². The number of hydrogen-bond donors (Lipinski definition) is 1. The Morgan fingerprint density at radius 3 is 2.52 bits per heavy atom. The zero-order valence-electron chi connectivity index (χ0n) is 13.3. The SMILES string of the molecule is COc1cccc(C(N)C23CC4CC(CC(C)(C4)C2)C3)c1. The first-order valence-corrected chi connectivity index (χ1v) is 8.42. The fourth-order valence-corrected chi connectivity index (χ4v) is 6.35. The summed E-state index contributed by atoms with van der Waals surface area (Å²) in [5.41, 5.74) is 8.98. The minimum atomic E-state index is 0.165. The number of hydrogen-bond acceptors (Lipinski definition) is 2. The van der Waals surface area contributed by atoms with Gasteiger partial charge >= 0.3 is 0 Å². The summed E-state index contributed by atoms with van der Waals surface area (Å²) in [5, 5.41) is 0. The lowest BCUT2D eigenvalue weighted by Gasteiger charge is -2.63. The van der Waals surface area contributed by atoms with Gasteiger partial charge in [0.25, 0.3) is 0 Å². The van der Waals surface area contributed by atoms with E-state index in [-0.39, 0.29) is 6.04 Å². The van der Waals surface area contributed by atoms with Gasteiger partial charge in [0.2, 0.25) is 0 Å². The highest BCUT2D eigenvalue weighted by atomic mass is 16.5. The molecule has 0 saturated heterocycles. The van der Waals surface area contributed by atoms with Gasteiger partial charge in [0.05, 0.1) is 7.11 Å². The van der Waals surface area contributed by atoms with E-state index < -0.39 is 0 Å². The second-order valence-electron chi connectivity index (χ2n) is 8.39. The van der Waals surface area contributed by atoms with Gasteiger partial charge in [0.1, 0.15) is 5.75 Å². The van der Waals surface area contributed by atoms with Crippen LogP contribution in [0, 0.1) is 22.7 Å². The van der Waals surface area contributed by atoms with Crippen molar-refractivity contribution in [3.8, 4) is 5.75 Å². The van der Waals surface area contributed by atoms with Crippen molar-refractivity contribution in [1.29, 1.82) is 0 Å². The van der Waals surface area contributed by atoms with Gasteiger partial charge in [-0.2, -0.15) is 0 Å². The van der Waals surface area contributed by atoms with Gasteiger partial charge in [-0.25, -0.2) is 0 Å². The molecule has 0 radical (unpaired) electrons. The van der Waals surface area contributed by atoms with Crippen LogP contribution in [0.15, 0.2) is 24.3 Å². The Labute approximate surface area is 128 Å². The average Bonchev–Trinajstić information content (AvgIpc) is 2.44. The predicted molar refractivity (Wildman–Crippen MR) is 85.1 cm³/mol. The van der Waals surface area contributed by atoms with Gasteiger partial charge in [-0.15, -0.1) is 0 Å². The Morgan fingerprint density at radius 2 is 1.90 bits per heavy atom. The first-order chi connectivity index (χ1) is 10.0. The van der Waals surface area contributed by atoms with E-state index in [1.807, 2.05) is 6.07 Å². The minimum Gasteiger partial charge on any atom is -0.497 e. The molecular formula is C19H27NO. The average molecular weight is 285 g/mol. The summed E-state index contributed by atoms with van der Waals surface area (Å²) < 4.78 is 5.39. The molecule has 21 heavy (non-hydrogen) atoms. The molecule has 4 fully saturated rings. The summed E-state index contributed by atoms with van der Waals surface area (Å²) in [6, 6.07) is 8.59. The molecule has 114 valence electrons. The molecule has 0 heterocycles. The highest BCUT2D eigenvalue weighted by Gasteiger charge is 2.57. The fourth-order valence-electron chi connectivity index (χ4n) is 6.35. The lowest BCUT2D eigenvalue weighted by molar-refractivity contribution is -0.113. The van der Waals surface area contributed by atoms with E-state index >= 15 is 0 Å². The molecule has 2 N–H and O–H groups in total. The Morgan fingerprint density at radius 1 is 1.19 bits per heavy atom. The van der Waals surface area contributed by atoms with E-state index in [1.165, 1.54) is 44.1 Å². The van der Waals surface area contributed by atoms with E-state index in [1.54, 1.807) is 7.11 Å². The molecule has 2 nitrogen and oxygen atoms in total. The highest BCUT2D eigenvalue weighted by molar-refractivity contribution is 5.32. The Hall–Kier alpha value is -1.02. The zero-order valence-corrected chi connectivity index (χ0v) is 13.3. The Bertz CT molecular complexity index is 538. The van der Waals surface area contributed by atoms with Crippen LogP contribution in [0.2, 0.25) is 0 Å². The van der Waals surface area contributed by atoms with Gasteiger partial charge in [-0.1, -0.05) is 19.1 Å². The highest BCUT2D eigenvalue weighted by Crippen LogP contribution is 2.67. The molecule has 2 heteroatoms. The predicted octanol–water partition coefficient (Wildman–Crippen LogP) is 4.30. The maximum atomic E-state index is 6.82. The lowest BCUT2D eigenvalue weighted by atomic mass is 9.43. The number of rotatable bonds is 3. The standard InChI is InChI=1S/C19H27NO/c1-18-8-13-6-14(9-18)11-19(10-13,12-18)17(20)15-4-3-5-16(7-15)21-2/h3-5,7,13-14,17H,6,8-12,20H2,1-2H3. The van der Waals surface area contributed by atoms with Crippen molar-refractivity contribution < 1.29 is 4.74 Å². The summed E-state index contributed by atoms with van der Waals surface area (Å²) in [5.74, 6) is 2.78. The van der Waals surface area contributed by atoms with E-state index in [4.69, 9.17) is 10.5 Å². The molecule has 0 aliphatic heterocycles. The smallest absolute Gasteiger partial charge is 0.119 e. The lowest BCUT2D eigenvalue weighted by Crippen LogP contribution is -2.54. The second kappa shape index (κ2) is 4.49. The topological polar surface area (TPSA) is 35.2 Å². The van der Waals surface area contributed by atoms with E-state index in [0.29, 0.717) is 10.8 Å². The summed E-state index contributed by atoms with van der Waals surface area (Å²) in [4.78, 5) is 0. The molecular weight excluding hydrogens is 258 g/mol. The first-order valence-electron chi connectivity index (χ1n) is 8.42. The minimum absolute atomic E-state index is 0.165. The van der Waals surface area contributed by atoms with Crippen molar-refractivity contribution in [2.75, 3.05) is 7.11 Å².